The number of thioether (sulfide) groups is 1. The zero-order chi connectivity index (χ0) is 18.4. The summed E-state index contributed by atoms with van der Waals surface area (Å²) >= 11 is 1.51. The summed E-state index contributed by atoms with van der Waals surface area (Å²) < 4.78 is 11.2. The van der Waals surface area contributed by atoms with Crippen LogP contribution in [0.2, 0.25) is 0 Å². The largest absolute Gasteiger partial charge is 0.486 e. The molecule has 26 heavy (non-hydrogen) atoms. The van der Waals surface area contributed by atoms with Gasteiger partial charge in [-0.15, -0.1) is 11.8 Å². The Balaban J connectivity index is 1.66. The van der Waals surface area contributed by atoms with Crippen molar-refractivity contribution in [2.75, 3.05) is 13.2 Å². The molecule has 1 aliphatic rings. The van der Waals surface area contributed by atoms with E-state index >= 15 is 0 Å². The van der Waals surface area contributed by atoms with Crippen LogP contribution in [0, 0.1) is 0 Å². The van der Waals surface area contributed by atoms with Gasteiger partial charge in [0.2, 0.25) is 0 Å². The van der Waals surface area contributed by atoms with Gasteiger partial charge in [0.25, 0.3) is 5.91 Å². The predicted octanol–water partition coefficient (Wildman–Crippen LogP) is 3.87. The summed E-state index contributed by atoms with van der Waals surface area (Å²) in [6.45, 7) is 4.98. The van der Waals surface area contributed by atoms with Crippen molar-refractivity contribution in [1.82, 2.24) is 5.43 Å². The first-order chi connectivity index (χ1) is 12.7. The van der Waals surface area contributed by atoms with Crippen LogP contribution in [0.3, 0.4) is 0 Å². The topological polar surface area (TPSA) is 59.9 Å². The maximum atomic E-state index is 12.3. The number of nitrogens with one attached hydrogen (secondary N) is 1. The molecule has 5 nitrogen and oxygen atoms in total. The molecule has 2 aromatic carbocycles. The SMILES string of the molecule is CC/C(=N/NC(=O)[C@@H](C)Sc1ccccc1)c1ccc2c(c1)OCCO2. The standard InChI is InChI=1S/C20H22N2O3S/c1-3-17(15-9-10-18-19(13-15)25-12-11-24-18)21-22-20(23)14(2)26-16-7-5-4-6-8-16/h4-10,13-14H,3,11-12H2,1-2H3,(H,22,23)/b21-17-/t14-/m1/s1. The Morgan fingerprint density at radius 2 is 1.88 bits per heavy atom. The number of benzene rings is 2. The zero-order valence-electron chi connectivity index (χ0n) is 14.9. The van der Waals surface area contributed by atoms with E-state index < -0.39 is 0 Å². The van der Waals surface area contributed by atoms with E-state index in [9.17, 15) is 4.79 Å². The van der Waals surface area contributed by atoms with Crippen LogP contribution in [-0.4, -0.2) is 30.1 Å². The molecule has 2 aromatic rings. The number of rotatable bonds is 6. The molecule has 1 atom stereocenters. The molecule has 0 radical (unpaired) electrons. The second-order valence-electron chi connectivity index (χ2n) is 5.82. The molecular weight excluding hydrogens is 348 g/mol. The van der Waals surface area contributed by atoms with Gasteiger partial charge in [-0.1, -0.05) is 25.1 Å². The van der Waals surface area contributed by atoms with Crippen LogP contribution in [0.4, 0.5) is 0 Å². The van der Waals surface area contributed by atoms with Gasteiger partial charge in [-0.25, -0.2) is 5.43 Å². The van der Waals surface area contributed by atoms with E-state index in [4.69, 9.17) is 9.47 Å². The Morgan fingerprint density at radius 1 is 1.15 bits per heavy atom. The Hall–Kier alpha value is -2.47. The molecule has 136 valence electrons. The monoisotopic (exact) mass is 370 g/mol. The summed E-state index contributed by atoms with van der Waals surface area (Å²) in [7, 11) is 0. The number of carbonyl (C=O) groups is 1. The molecule has 1 N–H and O–H groups in total. The van der Waals surface area contributed by atoms with E-state index in [0.717, 1.165) is 21.9 Å². The number of nitrogens with zero attached hydrogens (tertiary/aromatic N) is 1. The number of carbonyl (C=O) groups excluding carboxylic acids is 1. The Kier molecular flexibility index (Phi) is 6.17. The maximum absolute atomic E-state index is 12.3. The van der Waals surface area contributed by atoms with Crippen LogP contribution in [0.1, 0.15) is 25.8 Å². The molecule has 3 rings (SSSR count). The Morgan fingerprint density at radius 3 is 2.62 bits per heavy atom. The van der Waals surface area contributed by atoms with Gasteiger partial charge in [0.05, 0.1) is 11.0 Å². The Bertz CT molecular complexity index is 793. The van der Waals surface area contributed by atoms with Crippen LogP contribution in [0.15, 0.2) is 58.5 Å². The van der Waals surface area contributed by atoms with Gasteiger partial charge in [-0.3, -0.25) is 4.79 Å². The minimum atomic E-state index is -0.237. The second kappa shape index (κ2) is 8.76. The lowest BCUT2D eigenvalue weighted by Gasteiger charge is -2.19. The Labute approximate surface area is 157 Å². The number of hydrogen-bond donors (Lipinski definition) is 1. The minimum absolute atomic E-state index is 0.123. The van der Waals surface area contributed by atoms with Crippen LogP contribution >= 0.6 is 11.8 Å². The highest BCUT2D eigenvalue weighted by Gasteiger charge is 2.16. The molecule has 1 aliphatic heterocycles. The highest BCUT2D eigenvalue weighted by atomic mass is 32.2. The number of ether oxygens (including phenoxy) is 2. The summed E-state index contributed by atoms with van der Waals surface area (Å²) in [4.78, 5) is 13.4. The summed E-state index contributed by atoms with van der Waals surface area (Å²) in [5.74, 6) is 1.34. The van der Waals surface area contributed by atoms with E-state index in [1.165, 1.54) is 11.8 Å². The van der Waals surface area contributed by atoms with Crippen molar-refractivity contribution >= 4 is 23.4 Å². The van der Waals surface area contributed by atoms with Gasteiger partial charge in [0.1, 0.15) is 13.2 Å². The molecule has 0 spiro atoms. The smallest absolute Gasteiger partial charge is 0.253 e. The van der Waals surface area contributed by atoms with Gasteiger partial charge < -0.3 is 9.47 Å². The third kappa shape index (κ3) is 4.58. The van der Waals surface area contributed by atoms with Crippen molar-refractivity contribution in [3.05, 3.63) is 54.1 Å². The average molecular weight is 370 g/mol. The molecule has 0 unspecified atom stereocenters. The average Bonchev–Trinajstić information content (AvgIpc) is 2.69. The van der Waals surface area contributed by atoms with Crippen molar-refractivity contribution in [3.8, 4) is 11.5 Å². The molecule has 0 saturated heterocycles. The molecule has 0 bridgehead atoms. The maximum Gasteiger partial charge on any atom is 0.253 e. The normalized spacial score (nSPS) is 14.6. The molecule has 0 saturated carbocycles. The van der Waals surface area contributed by atoms with Crippen LogP contribution in [0.5, 0.6) is 11.5 Å². The fourth-order valence-electron chi connectivity index (χ4n) is 2.54. The molecule has 1 heterocycles. The predicted molar refractivity (Wildman–Crippen MR) is 104 cm³/mol. The number of hydrogen-bond acceptors (Lipinski definition) is 5. The van der Waals surface area contributed by atoms with Gasteiger partial charge in [-0.05, 0) is 43.7 Å². The third-order valence-electron chi connectivity index (χ3n) is 3.94. The van der Waals surface area contributed by atoms with Crippen LogP contribution in [0.25, 0.3) is 0 Å². The lowest BCUT2D eigenvalue weighted by molar-refractivity contribution is -0.120. The molecule has 0 aromatic heterocycles. The van der Waals surface area contributed by atoms with E-state index in [0.29, 0.717) is 25.4 Å². The van der Waals surface area contributed by atoms with E-state index in [-0.39, 0.29) is 11.2 Å². The summed E-state index contributed by atoms with van der Waals surface area (Å²) in [5.41, 5.74) is 4.40. The summed E-state index contributed by atoms with van der Waals surface area (Å²) in [6, 6.07) is 15.6. The number of amides is 1. The third-order valence-corrected chi connectivity index (χ3v) is 5.05. The molecule has 6 heteroatoms. The van der Waals surface area contributed by atoms with Crippen LogP contribution in [-0.2, 0) is 4.79 Å². The molecule has 1 amide bonds. The molecule has 0 aliphatic carbocycles. The van der Waals surface area contributed by atoms with Crippen molar-refractivity contribution in [1.29, 1.82) is 0 Å². The first-order valence-electron chi connectivity index (χ1n) is 8.65. The van der Waals surface area contributed by atoms with Gasteiger partial charge in [0.15, 0.2) is 11.5 Å². The van der Waals surface area contributed by atoms with Gasteiger partial charge in [0, 0.05) is 10.5 Å². The first kappa shape index (κ1) is 18.3. The number of fused-ring (bicyclic) bond motifs is 1. The first-order valence-corrected chi connectivity index (χ1v) is 9.53. The highest BCUT2D eigenvalue weighted by molar-refractivity contribution is 8.00. The summed E-state index contributed by atoms with van der Waals surface area (Å²) in [6.07, 6.45) is 0.695. The zero-order valence-corrected chi connectivity index (χ0v) is 15.7. The van der Waals surface area contributed by atoms with E-state index in [2.05, 4.69) is 10.5 Å². The lowest BCUT2D eigenvalue weighted by Crippen LogP contribution is -2.28. The van der Waals surface area contributed by atoms with Crippen LogP contribution < -0.4 is 14.9 Å². The van der Waals surface area contributed by atoms with Crippen molar-refractivity contribution < 1.29 is 14.3 Å². The lowest BCUT2D eigenvalue weighted by atomic mass is 10.1. The molecule has 0 fully saturated rings. The second-order valence-corrected chi connectivity index (χ2v) is 7.23. The quantitative estimate of drug-likeness (QED) is 0.476. The number of hydrazone groups is 1. The minimum Gasteiger partial charge on any atom is -0.486 e. The molecular formula is C20H22N2O3S. The van der Waals surface area contributed by atoms with Crippen molar-refractivity contribution in [3.63, 3.8) is 0 Å². The highest BCUT2D eigenvalue weighted by Crippen LogP contribution is 2.31. The van der Waals surface area contributed by atoms with Gasteiger partial charge in [-0.2, -0.15) is 5.10 Å². The summed E-state index contributed by atoms with van der Waals surface area (Å²) in [5, 5.41) is 4.09. The van der Waals surface area contributed by atoms with Gasteiger partial charge >= 0.3 is 0 Å². The van der Waals surface area contributed by atoms with Crippen molar-refractivity contribution in [2.45, 2.75) is 30.4 Å². The van der Waals surface area contributed by atoms with Crippen molar-refractivity contribution in [2.24, 2.45) is 5.10 Å². The fourth-order valence-corrected chi connectivity index (χ4v) is 3.42. The van der Waals surface area contributed by atoms with E-state index in [1.807, 2.05) is 62.4 Å². The van der Waals surface area contributed by atoms with E-state index in [1.54, 1.807) is 0 Å². The fraction of sp³-hybridized carbons (Fsp3) is 0.300.